The third-order valence-corrected chi connectivity index (χ3v) is 4.80. The molecule has 0 fully saturated rings. The Morgan fingerprint density at radius 2 is 2.14 bits per heavy atom. The fraction of sp³-hybridized carbons (Fsp3) is 0.294. The highest BCUT2D eigenvalue weighted by Gasteiger charge is 2.15. The van der Waals surface area contributed by atoms with Crippen molar-refractivity contribution in [2.75, 3.05) is 6.54 Å². The van der Waals surface area contributed by atoms with Gasteiger partial charge in [-0.05, 0) is 24.3 Å². The van der Waals surface area contributed by atoms with E-state index in [4.69, 9.17) is 4.42 Å². The molecule has 3 aromatic rings. The monoisotopic (exact) mass is 314 g/mol. The lowest BCUT2D eigenvalue weighted by molar-refractivity contribution is 0.0922. The van der Waals surface area contributed by atoms with Crippen LogP contribution in [0.5, 0.6) is 0 Å². The van der Waals surface area contributed by atoms with Crippen molar-refractivity contribution in [3.8, 4) is 0 Å². The zero-order chi connectivity index (χ0) is 15.5. The summed E-state index contributed by atoms with van der Waals surface area (Å²) >= 11 is 1.67. The molecule has 1 aromatic carbocycles. The van der Waals surface area contributed by atoms with Gasteiger partial charge in [0.2, 0.25) is 0 Å². The average Bonchev–Trinajstić information content (AvgIpc) is 3.18. The molecule has 1 atom stereocenters. The number of fused-ring (bicyclic) bond motifs is 1. The van der Waals surface area contributed by atoms with Crippen LogP contribution >= 0.6 is 11.3 Å². The number of benzene rings is 1. The summed E-state index contributed by atoms with van der Waals surface area (Å²) in [6, 6.07) is 11.6. The highest BCUT2D eigenvalue weighted by Crippen LogP contribution is 2.26. The Morgan fingerprint density at radius 1 is 1.32 bits per heavy atom. The van der Waals surface area contributed by atoms with Gasteiger partial charge in [0.25, 0.3) is 5.91 Å². The number of para-hydroxylation sites is 1. The first-order valence-corrected chi connectivity index (χ1v) is 8.21. The lowest BCUT2D eigenvalue weighted by atomic mass is 10.2. The SMILES string of the molecule is CCc1ccc(C(=O)NCC(C)c2nc3ccccc3s2)o1. The molecule has 2 heterocycles. The molecular formula is C17H18N2O2S. The maximum absolute atomic E-state index is 12.1. The lowest BCUT2D eigenvalue weighted by Crippen LogP contribution is -2.27. The molecule has 0 spiro atoms. The first kappa shape index (κ1) is 14.8. The van der Waals surface area contributed by atoms with Gasteiger partial charge in [0.05, 0.1) is 15.2 Å². The second-order valence-electron chi connectivity index (χ2n) is 5.25. The Hall–Kier alpha value is -2.14. The molecule has 5 heteroatoms. The van der Waals surface area contributed by atoms with Crippen LogP contribution in [-0.2, 0) is 6.42 Å². The molecule has 2 aromatic heterocycles. The smallest absolute Gasteiger partial charge is 0.287 e. The summed E-state index contributed by atoms with van der Waals surface area (Å²) in [5, 5.41) is 3.95. The zero-order valence-corrected chi connectivity index (χ0v) is 13.4. The summed E-state index contributed by atoms with van der Waals surface area (Å²) in [5.74, 6) is 1.19. The van der Waals surface area contributed by atoms with Crippen LogP contribution in [0, 0.1) is 0 Å². The van der Waals surface area contributed by atoms with E-state index >= 15 is 0 Å². The van der Waals surface area contributed by atoms with Gasteiger partial charge >= 0.3 is 0 Å². The van der Waals surface area contributed by atoms with Gasteiger partial charge in [-0.15, -0.1) is 11.3 Å². The van der Waals surface area contributed by atoms with E-state index in [9.17, 15) is 4.79 Å². The van der Waals surface area contributed by atoms with Gasteiger partial charge < -0.3 is 9.73 Å². The number of aromatic nitrogens is 1. The van der Waals surface area contributed by atoms with E-state index in [0.717, 1.165) is 22.7 Å². The highest BCUT2D eigenvalue weighted by molar-refractivity contribution is 7.18. The maximum atomic E-state index is 12.1. The van der Waals surface area contributed by atoms with Crippen molar-refractivity contribution in [3.05, 3.63) is 52.9 Å². The van der Waals surface area contributed by atoms with E-state index in [1.807, 2.05) is 31.2 Å². The Balaban J connectivity index is 1.64. The fourth-order valence-electron chi connectivity index (χ4n) is 2.21. The molecule has 1 N–H and O–H groups in total. The number of rotatable bonds is 5. The van der Waals surface area contributed by atoms with E-state index in [2.05, 4.69) is 23.3 Å². The second kappa shape index (κ2) is 6.32. The molecule has 1 unspecified atom stereocenters. The Labute approximate surface area is 133 Å². The van der Waals surface area contributed by atoms with Crippen molar-refractivity contribution < 1.29 is 9.21 Å². The van der Waals surface area contributed by atoms with Gasteiger partial charge in [0.15, 0.2) is 5.76 Å². The quantitative estimate of drug-likeness (QED) is 0.775. The van der Waals surface area contributed by atoms with E-state index in [1.54, 1.807) is 17.4 Å². The number of thiazole rings is 1. The molecule has 0 aliphatic heterocycles. The minimum absolute atomic E-state index is 0.168. The lowest BCUT2D eigenvalue weighted by Gasteiger charge is -2.08. The largest absolute Gasteiger partial charge is 0.456 e. The summed E-state index contributed by atoms with van der Waals surface area (Å²) in [4.78, 5) is 16.7. The van der Waals surface area contributed by atoms with Gasteiger partial charge in [-0.2, -0.15) is 0 Å². The normalized spacial score (nSPS) is 12.5. The minimum atomic E-state index is -0.173. The number of aryl methyl sites for hydroxylation is 1. The molecule has 22 heavy (non-hydrogen) atoms. The average molecular weight is 314 g/mol. The summed E-state index contributed by atoms with van der Waals surface area (Å²) in [7, 11) is 0. The third kappa shape index (κ3) is 3.04. The highest BCUT2D eigenvalue weighted by atomic mass is 32.1. The first-order chi connectivity index (χ1) is 10.7. The molecule has 0 bridgehead atoms. The molecule has 1 amide bonds. The fourth-order valence-corrected chi connectivity index (χ4v) is 3.23. The van der Waals surface area contributed by atoms with Gasteiger partial charge in [0, 0.05) is 18.9 Å². The molecule has 0 aliphatic carbocycles. The van der Waals surface area contributed by atoms with Crippen LogP contribution in [-0.4, -0.2) is 17.4 Å². The van der Waals surface area contributed by atoms with Crippen molar-refractivity contribution in [2.45, 2.75) is 26.2 Å². The van der Waals surface area contributed by atoms with Crippen LogP contribution < -0.4 is 5.32 Å². The molecule has 0 aliphatic rings. The molecule has 0 saturated carbocycles. The second-order valence-corrected chi connectivity index (χ2v) is 6.31. The van der Waals surface area contributed by atoms with Crippen molar-refractivity contribution in [1.82, 2.24) is 10.3 Å². The number of nitrogens with one attached hydrogen (secondary N) is 1. The van der Waals surface area contributed by atoms with Gasteiger partial charge in [-0.1, -0.05) is 26.0 Å². The van der Waals surface area contributed by atoms with Gasteiger partial charge in [-0.25, -0.2) is 4.98 Å². The predicted molar refractivity (Wildman–Crippen MR) is 88.5 cm³/mol. The van der Waals surface area contributed by atoms with Crippen molar-refractivity contribution in [2.24, 2.45) is 0 Å². The standard InChI is InChI=1S/C17H18N2O2S/c1-3-12-8-9-14(21-12)16(20)18-10-11(2)17-19-13-6-4-5-7-15(13)22-17/h4-9,11H,3,10H2,1-2H3,(H,18,20). The molecule has 0 radical (unpaired) electrons. The Kier molecular flexibility index (Phi) is 4.24. The first-order valence-electron chi connectivity index (χ1n) is 7.39. The number of furan rings is 1. The summed E-state index contributed by atoms with van der Waals surface area (Å²) in [6.07, 6.45) is 0.787. The van der Waals surface area contributed by atoms with Crippen LogP contribution in [0.3, 0.4) is 0 Å². The molecule has 4 nitrogen and oxygen atoms in total. The summed E-state index contributed by atoms with van der Waals surface area (Å²) in [5.41, 5.74) is 1.01. The molecule has 114 valence electrons. The zero-order valence-electron chi connectivity index (χ0n) is 12.6. The van der Waals surface area contributed by atoms with Crippen molar-refractivity contribution >= 4 is 27.5 Å². The Bertz CT molecular complexity index is 758. The molecule has 0 saturated heterocycles. The minimum Gasteiger partial charge on any atom is -0.456 e. The van der Waals surface area contributed by atoms with E-state index < -0.39 is 0 Å². The number of carbonyl (C=O) groups is 1. The van der Waals surface area contributed by atoms with E-state index in [0.29, 0.717) is 12.3 Å². The van der Waals surface area contributed by atoms with Gasteiger partial charge in [0.1, 0.15) is 5.76 Å². The number of hydrogen-bond acceptors (Lipinski definition) is 4. The maximum Gasteiger partial charge on any atom is 0.287 e. The van der Waals surface area contributed by atoms with Crippen LogP contribution in [0.1, 0.15) is 41.1 Å². The van der Waals surface area contributed by atoms with Crippen LogP contribution in [0.2, 0.25) is 0 Å². The van der Waals surface area contributed by atoms with Gasteiger partial charge in [-0.3, -0.25) is 4.79 Å². The Morgan fingerprint density at radius 3 is 2.86 bits per heavy atom. The van der Waals surface area contributed by atoms with Crippen LogP contribution in [0.15, 0.2) is 40.8 Å². The number of amides is 1. The van der Waals surface area contributed by atoms with E-state index in [-0.39, 0.29) is 11.8 Å². The van der Waals surface area contributed by atoms with Crippen LogP contribution in [0.4, 0.5) is 0 Å². The summed E-state index contributed by atoms with van der Waals surface area (Å²) in [6.45, 7) is 4.61. The number of hydrogen-bond donors (Lipinski definition) is 1. The molecular weight excluding hydrogens is 296 g/mol. The number of carbonyl (C=O) groups excluding carboxylic acids is 1. The van der Waals surface area contributed by atoms with E-state index in [1.165, 1.54) is 4.70 Å². The summed E-state index contributed by atoms with van der Waals surface area (Å²) < 4.78 is 6.63. The van der Waals surface area contributed by atoms with Crippen molar-refractivity contribution in [1.29, 1.82) is 0 Å². The molecule has 3 rings (SSSR count). The predicted octanol–water partition coefficient (Wildman–Crippen LogP) is 3.99. The third-order valence-electron chi connectivity index (χ3n) is 3.53. The van der Waals surface area contributed by atoms with Crippen molar-refractivity contribution in [3.63, 3.8) is 0 Å². The topological polar surface area (TPSA) is 55.1 Å². The van der Waals surface area contributed by atoms with Crippen LogP contribution in [0.25, 0.3) is 10.2 Å². The number of nitrogens with zero attached hydrogens (tertiary/aromatic N) is 1.